The van der Waals surface area contributed by atoms with Crippen LogP contribution in [0.2, 0.25) is 0 Å². The van der Waals surface area contributed by atoms with Crippen LogP contribution in [0.3, 0.4) is 0 Å². The van der Waals surface area contributed by atoms with Crippen molar-refractivity contribution in [3.63, 3.8) is 0 Å². The number of nitrogens with zero attached hydrogens (tertiary/aromatic N) is 3. The molecule has 7 heteroatoms. The van der Waals surface area contributed by atoms with Crippen LogP contribution in [0.4, 0.5) is 5.82 Å². The van der Waals surface area contributed by atoms with Crippen molar-refractivity contribution in [2.45, 2.75) is 19.9 Å². The molecular formula is C17H17N5O2. The first-order chi connectivity index (χ1) is 11.8. The monoisotopic (exact) mass is 323 g/mol. The number of furan rings is 1. The lowest BCUT2D eigenvalue weighted by Gasteiger charge is -2.12. The summed E-state index contributed by atoms with van der Waals surface area (Å²) in [5, 5.41) is 12.0. The average molecular weight is 323 g/mol. The molecule has 2 N–H and O–H groups in total. The Balaban J connectivity index is 1.67. The number of ether oxygens (including phenoxy) is 1. The summed E-state index contributed by atoms with van der Waals surface area (Å²) in [6, 6.07) is 7.83. The normalized spacial score (nSPS) is 12.6. The molecule has 7 nitrogen and oxygen atoms in total. The Labute approximate surface area is 138 Å². The van der Waals surface area contributed by atoms with E-state index < -0.39 is 0 Å². The fraction of sp³-hybridized carbons (Fsp3) is 0.235. The number of rotatable bonds is 5. The van der Waals surface area contributed by atoms with E-state index in [1.807, 2.05) is 38.1 Å². The van der Waals surface area contributed by atoms with Crippen molar-refractivity contribution in [2.24, 2.45) is 0 Å². The van der Waals surface area contributed by atoms with Crippen molar-refractivity contribution < 1.29 is 9.15 Å². The van der Waals surface area contributed by atoms with Crippen LogP contribution < -0.4 is 10.1 Å². The Bertz CT molecular complexity index is 991. The SMILES string of the molecule is CCOc1cccc2cc(C(C)Nc3ncnc4[nH]ncc34)oc12. The molecule has 122 valence electrons. The van der Waals surface area contributed by atoms with Crippen LogP contribution in [0.1, 0.15) is 25.6 Å². The number of H-pyrrole nitrogens is 1. The predicted octanol–water partition coefficient (Wildman–Crippen LogP) is 3.67. The second kappa shape index (κ2) is 5.84. The maximum absolute atomic E-state index is 6.02. The van der Waals surface area contributed by atoms with Gasteiger partial charge in [-0.25, -0.2) is 9.97 Å². The second-order valence-corrected chi connectivity index (χ2v) is 5.48. The van der Waals surface area contributed by atoms with Gasteiger partial charge < -0.3 is 14.5 Å². The minimum atomic E-state index is -0.0696. The van der Waals surface area contributed by atoms with E-state index >= 15 is 0 Å². The number of para-hydroxylation sites is 1. The van der Waals surface area contributed by atoms with Gasteiger partial charge in [-0.1, -0.05) is 12.1 Å². The van der Waals surface area contributed by atoms with Crippen LogP contribution in [0.25, 0.3) is 22.0 Å². The van der Waals surface area contributed by atoms with Crippen LogP contribution in [0.15, 0.2) is 41.2 Å². The zero-order valence-electron chi connectivity index (χ0n) is 13.4. The summed E-state index contributed by atoms with van der Waals surface area (Å²) in [7, 11) is 0. The molecule has 1 atom stereocenters. The smallest absolute Gasteiger partial charge is 0.176 e. The molecule has 0 aliphatic carbocycles. The summed E-state index contributed by atoms with van der Waals surface area (Å²) in [5.41, 5.74) is 1.46. The summed E-state index contributed by atoms with van der Waals surface area (Å²) < 4.78 is 11.7. The van der Waals surface area contributed by atoms with E-state index in [2.05, 4.69) is 25.5 Å². The molecule has 0 radical (unpaired) electrons. The Morgan fingerprint density at radius 1 is 1.33 bits per heavy atom. The highest BCUT2D eigenvalue weighted by atomic mass is 16.5. The van der Waals surface area contributed by atoms with Gasteiger partial charge >= 0.3 is 0 Å². The van der Waals surface area contributed by atoms with Gasteiger partial charge in [0.1, 0.15) is 17.9 Å². The Kier molecular flexibility index (Phi) is 3.53. The molecule has 0 saturated heterocycles. The van der Waals surface area contributed by atoms with Gasteiger partial charge in [0, 0.05) is 5.39 Å². The molecule has 4 rings (SSSR count). The quantitative estimate of drug-likeness (QED) is 0.582. The Morgan fingerprint density at radius 2 is 2.25 bits per heavy atom. The lowest BCUT2D eigenvalue weighted by atomic mass is 10.2. The van der Waals surface area contributed by atoms with Crippen molar-refractivity contribution in [1.82, 2.24) is 20.2 Å². The largest absolute Gasteiger partial charge is 0.490 e. The summed E-state index contributed by atoms with van der Waals surface area (Å²) in [6.07, 6.45) is 3.21. The van der Waals surface area contributed by atoms with Crippen molar-refractivity contribution >= 4 is 27.8 Å². The molecule has 24 heavy (non-hydrogen) atoms. The standard InChI is InChI=1S/C17H17N5O2/c1-3-23-13-6-4-5-11-7-14(24-15(11)13)10(2)21-16-12-8-20-22-17(12)19-9-18-16/h4-10H,3H2,1-2H3,(H2,18,19,20,21,22). The zero-order valence-corrected chi connectivity index (χ0v) is 13.4. The number of nitrogens with one attached hydrogen (secondary N) is 2. The summed E-state index contributed by atoms with van der Waals surface area (Å²) in [6.45, 7) is 4.58. The van der Waals surface area contributed by atoms with Crippen LogP contribution in [-0.2, 0) is 0 Å². The van der Waals surface area contributed by atoms with E-state index in [4.69, 9.17) is 9.15 Å². The molecule has 1 aromatic carbocycles. The van der Waals surface area contributed by atoms with E-state index in [0.717, 1.165) is 27.9 Å². The third kappa shape index (κ3) is 2.44. The first-order valence-electron chi connectivity index (χ1n) is 7.82. The summed E-state index contributed by atoms with van der Waals surface area (Å²) >= 11 is 0. The maximum Gasteiger partial charge on any atom is 0.176 e. The Hall–Kier alpha value is -3.09. The van der Waals surface area contributed by atoms with Crippen LogP contribution in [-0.4, -0.2) is 26.8 Å². The summed E-state index contributed by atoms with van der Waals surface area (Å²) in [4.78, 5) is 8.44. The van der Waals surface area contributed by atoms with Gasteiger partial charge in [-0.3, -0.25) is 5.10 Å². The van der Waals surface area contributed by atoms with Crippen molar-refractivity contribution in [3.8, 4) is 5.75 Å². The van der Waals surface area contributed by atoms with Crippen molar-refractivity contribution in [1.29, 1.82) is 0 Å². The lowest BCUT2D eigenvalue weighted by molar-refractivity contribution is 0.337. The molecule has 0 amide bonds. The van der Waals surface area contributed by atoms with Crippen LogP contribution >= 0.6 is 0 Å². The van der Waals surface area contributed by atoms with E-state index in [1.54, 1.807) is 6.20 Å². The molecule has 0 saturated carbocycles. The molecule has 0 aliphatic heterocycles. The van der Waals surface area contributed by atoms with E-state index in [1.165, 1.54) is 6.33 Å². The third-order valence-electron chi connectivity index (χ3n) is 3.85. The lowest BCUT2D eigenvalue weighted by Crippen LogP contribution is -2.07. The molecule has 1 unspecified atom stereocenters. The predicted molar refractivity (Wildman–Crippen MR) is 91.1 cm³/mol. The number of anilines is 1. The zero-order chi connectivity index (χ0) is 16.5. The number of aromatic amines is 1. The van der Waals surface area contributed by atoms with Crippen LogP contribution in [0, 0.1) is 0 Å². The fourth-order valence-electron chi connectivity index (χ4n) is 2.69. The number of aromatic nitrogens is 4. The summed E-state index contributed by atoms with van der Waals surface area (Å²) in [5.74, 6) is 2.28. The highest BCUT2D eigenvalue weighted by Crippen LogP contribution is 2.32. The first kappa shape index (κ1) is 14.5. The van der Waals surface area contributed by atoms with Gasteiger partial charge in [0.05, 0.1) is 24.2 Å². The molecule has 0 spiro atoms. The van der Waals surface area contributed by atoms with Gasteiger partial charge in [0.15, 0.2) is 17.0 Å². The molecule has 3 heterocycles. The molecule has 4 aromatic rings. The number of benzene rings is 1. The molecule has 0 bridgehead atoms. The van der Waals surface area contributed by atoms with Crippen LogP contribution in [0.5, 0.6) is 5.75 Å². The van der Waals surface area contributed by atoms with Gasteiger partial charge in [-0.05, 0) is 26.0 Å². The highest BCUT2D eigenvalue weighted by molar-refractivity contribution is 5.86. The fourth-order valence-corrected chi connectivity index (χ4v) is 2.69. The van der Waals surface area contributed by atoms with E-state index in [-0.39, 0.29) is 6.04 Å². The van der Waals surface area contributed by atoms with Gasteiger partial charge in [-0.2, -0.15) is 5.10 Å². The Morgan fingerprint density at radius 3 is 3.12 bits per heavy atom. The van der Waals surface area contributed by atoms with Crippen molar-refractivity contribution in [2.75, 3.05) is 11.9 Å². The number of hydrogen-bond acceptors (Lipinski definition) is 6. The molecule has 0 aliphatic rings. The molecule has 0 fully saturated rings. The van der Waals surface area contributed by atoms with E-state index in [0.29, 0.717) is 18.1 Å². The molecular weight excluding hydrogens is 306 g/mol. The molecule has 3 aromatic heterocycles. The van der Waals surface area contributed by atoms with E-state index in [9.17, 15) is 0 Å². The van der Waals surface area contributed by atoms with Crippen molar-refractivity contribution in [3.05, 3.63) is 42.5 Å². The highest BCUT2D eigenvalue weighted by Gasteiger charge is 2.16. The average Bonchev–Trinajstić information content (AvgIpc) is 3.22. The first-order valence-corrected chi connectivity index (χ1v) is 7.82. The second-order valence-electron chi connectivity index (χ2n) is 5.48. The number of fused-ring (bicyclic) bond motifs is 2. The third-order valence-corrected chi connectivity index (χ3v) is 3.85. The van der Waals surface area contributed by atoms with Gasteiger partial charge in [0.2, 0.25) is 0 Å². The maximum atomic E-state index is 6.02. The van der Waals surface area contributed by atoms with Gasteiger partial charge in [0.25, 0.3) is 0 Å². The number of hydrogen-bond donors (Lipinski definition) is 2. The topological polar surface area (TPSA) is 88.9 Å². The van der Waals surface area contributed by atoms with Gasteiger partial charge in [-0.15, -0.1) is 0 Å². The minimum absolute atomic E-state index is 0.0696. The minimum Gasteiger partial charge on any atom is -0.490 e.